The van der Waals surface area contributed by atoms with Crippen LogP contribution in [0.5, 0.6) is 0 Å². The molecule has 1 amide bonds. The second kappa shape index (κ2) is 11.0. The van der Waals surface area contributed by atoms with Crippen molar-refractivity contribution in [2.24, 2.45) is 5.92 Å². The number of hydrogen-bond acceptors (Lipinski definition) is 5. The van der Waals surface area contributed by atoms with E-state index in [1.165, 1.54) is 33.7 Å². The summed E-state index contributed by atoms with van der Waals surface area (Å²) < 4.78 is 48.1. The van der Waals surface area contributed by atoms with Crippen LogP contribution in [-0.2, 0) is 14.8 Å². The molecule has 9 heteroatoms. The summed E-state index contributed by atoms with van der Waals surface area (Å²) in [5.74, 6) is -0.822. The third-order valence-electron chi connectivity index (χ3n) is 7.15. The average molecular weight is 536 g/mol. The number of halogens is 1. The molecule has 2 aromatic carbocycles. The largest absolute Gasteiger partial charge is 0.355 e. The minimum atomic E-state index is -3.99. The Hall–Kier alpha value is -3.56. The van der Waals surface area contributed by atoms with E-state index < -0.39 is 21.8 Å². The third kappa shape index (κ3) is 5.35. The Kier molecular flexibility index (Phi) is 7.58. The SMILES string of the molecule is Cc1noc(C=Cc2ccccc2F)c1S(=O)(=O)N1CCCC(C(=O)N2CC=C(c3ccccc3)CC2)C1. The lowest BCUT2D eigenvalue weighted by molar-refractivity contribution is -0.136. The van der Waals surface area contributed by atoms with Crippen molar-refractivity contribution in [3.63, 3.8) is 0 Å². The smallest absolute Gasteiger partial charge is 0.248 e. The summed E-state index contributed by atoms with van der Waals surface area (Å²) >= 11 is 0. The van der Waals surface area contributed by atoms with Gasteiger partial charge in [-0.2, -0.15) is 4.31 Å². The van der Waals surface area contributed by atoms with Gasteiger partial charge in [0.15, 0.2) is 10.7 Å². The van der Waals surface area contributed by atoms with Gasteiger partial charge >= 0.3 is 0 Å². The molecule has 0 bridgehead atoms. The summed E-state index contributed by atoms with van der Waals surface area (Å²) in [6.45, 7) is 3.10. The van der Waals surface area contributed by atoms with Crippen LogP contribution < -0.4 is 0 Å². The van der Waals surface area contributed by atoms with Gasteiger partial charge < -0.3 is 9.42 Å². The number of sulfonamides is 1. The van der Waals surface area contributed by atoms with Gasteiger partial charge in [-0.05, 0) is 55.5 Å². The van der Waals surface area contributed by atoms with Crippen LogP contribution in [0.3, 0.4) is 0 Å². The van der Waals surface area contributed by atoms with Crippen LogP contribution in [0.2, 0.25) is 0 Å². The van der Waals surface area contributed by atoms with E-state index in [0.717, 1.165) is 6.42 Å². The van der Waals surface area contributed by atoms with Gasteiger partial charge in [0.2, 0.25) is 15.9 Å². The molecular weight excluding hydrogens is 505 g/mol. The van der Waals surface area contributed by atoms with Crippen LogP contribution in [0.4, 0.5) is 4.39 Å². The summed E-state index contributed by atoms with van der Waals surface area (Å²) in [6, 6.07) is 16.3. The second-order valence-electron chi connectivity index (χ2n) is 9.65. The maximum Gasteiger partial charge on any atom is 0.248 e. The van der Waals surface area contributed by atoms with Gasteiger partial charge in [0, 0.05) is 31.7 Å². The first-order valence-electron chi connectivity index (χ1n) is 12.8. The highest BCUT2D eigenvalue weighted by molar-refractivity contribution is 7.89. The molecule has 1 unspecified atom stereocenters. The number of nitrogens with zero attached hydrogens (tertiary/aromatic N) is 3. The number of benzene rings is 2. The van der Waals surface area contributed by atoms with E-state index in [9.17, 15) is 17.6 Å². The summed E-state index contributed by atoms with van der Waals surface area (Å²) in [4.78, 5) is 15.1. The molecule has 7 nitrogen and oxygen atoms in total. The zero-order valence-electron chi connectivity index (χ0n) is 21.2. The Bertz CT molecular complexity index is 1480. The van der Waals surface area contributed by atoms with Gasteiger partial charge in [-0.1, -0.05) is 59.8 Å². The zero-order valence-corrected chi connectivity index (χ0v) is 22.0. The summed E-state index contributed by atoms with van der Waals surface area (Å²) in [7, 11) is -3.99. The van der Waals surface area contributed by atoms with Crippen molar-refractivity contribution in [2.75, 3.05) is 26.2 Å². The molecular formula is C29H30FN3O4S. The average Bonchev–Trinajstić information content (AvgIpc) is 3.33. The van der Waals surface area contributed by atoms with E-state index in [1.54, 1.807) is 25.1 Å². The normalized spacial score (nSPS) is 19.1. The molecule has 198 valence electrons. The number of carbonyl (C=O) groups is 1. The van der Waals surface area contributed by atoms with Crippen molar-refractivity contribution in [3.05, 3.63) is 89.1 Å². The number of aromatic nitrogens is 1. The molecule has 0 N–H and O–H groups in total. The minimum absolute atomic E-state index is 0.0185. The van der Waals surface area contributed by atoms with Gasteiger partial charge in [-0.3, -0.25) is 4.79 Å². The molecule has 1 saturated heterocycles. The second-order valence-corrected chi connectivity index (χ2v) is 11.5. The van der Waals surface area contributed by atoms with Crippen molar-refractivity contribution in [1.29, 1.82) is 0 Å². The Morgan fingerprint density at radius 3 is 2.58 bits per heavy atom. The molecule has 2 aliphatic rings. The molecule has 0 spiro atoms. The van der Waals surface area contributed by atoms with Crippen molar-refractivity contribution in [1.82, 2.24) is 14.4 Å². The fourth-order valence-electron chi connectivity index (χ4n) is 5.11. The van der Waals surface area contributed by atoms with Gasteiger partial charge in [0.25, 0.3) is 0 Å². The Morgan fingerprint density at radius 1 is 1.08 bits per heavy atom. The van der Waals surface area contributed by atoms with E-state index >= 15 is 0 Å². The quantitative estimate of drug-likeness (QED) is 0.443. The van der Waals surface area contributed by atoms with Crippen LogP contribution in [0, 0.1) is 18.7 Å². The number of aryl methyl sites for hydroxylation is 1. The first kappa shape index (κ1) is 26.1. The standard InChI is InChI=1S/C29H30FN3O4S/c1-21-28(27(37-31-21)14-13-24-10-5-6-12-26(24)30)38(35,36)33-17-7-11-25(20-33)29(34)32-18-15-23(16-19-32)22-8-3-2-4-9-22/h2-6,8-10,12-15,25H,7,11,16-20H2,1H3. The van der Waals surface area contributed by atoms with Crippen LogP contribution in [0.25, 0.3) is 17.7 Å². The summed E-state index contributed by atoms with van der Waals surface area (Å²) in [5.41, 5.74) is 2.92. The topological polar surface area (TPSA) is 83.7 Å². The molecule has 0 aliphatic carbocycles. The first-order chi connectivity index (χ1) is 18.3. The van der Waals surface area contributed by atoms with Crippen molar-refractivity contribution in [3.8, 4) is 0 Å². The predicted octanol–water partition coefficient (Wildman–Crippen LogP) is 5.01. The monoisotopic (exact) mass is 535 g/mol. The van der Waals surface area contributed by atoms with Crippen LogP contribution in [0.1, 0.15) is 41.8 Å². The van der Waals surface area contributed by atoms with E-state index in [0.29, 0.717) is 38.0 Å². The number of carbonyl (C=O) groups excluding carboxylic acids is 1. The van der Waals surface area contributed by atoms with Gasteiger partial charge in [0.05, 0.1) is 5.92 Å². The summed E-state index contributed by atoms with van der Waals surface area (Å²) in [5, 5.41) is 3.86. The predicted molar refractivity (Wildman–Crippen MR) is 144 cm³/mol. The number of piperidine rings is 1. The molecule has 38 heavy (non-hydrogen) atoms. The fraction of sp³-hybridized carbons (Fsp3) is 0.310. The molecule has 1 aromatic heterocycles. The highest BCUT2D eigenvalue weighted by Gasteiger charge is 2.38. The third-order valence-corrected chi connectivity index (χ3v) is 9.17. The molecule has 0 saturated carbocycles. The van der Waals surface area contributed by atoms with Crippen molar-refractivity contribution < 1.29 is 22.1 Å². The molecule has 1 fully saturated rings. The number of rotatable bonds is 6. The van der Waals surface area contributed by atoms with Crippen molar-refractivity contribution >= 4 is 33.7 Å². The van der Waals surface area contributed by atoms with Gasteiger partial charge in [-0.25, -0.2) is 12.8 Å². The Morgan fingerprint density at radius 2 is 1.84 bits per heavy atom. The first-order valence-corrected chi connectivity index (χ1v) is 14.2. The lowest BCUT2D eigenvalue weighted by Crippen LogP contribution is -2.47. The molecule has 5 rings (SSSR count). The highest BCUT2D eigenvalue weighted by Crippen LogP contribution is 2.31. The molecule has 3 heterocycles. The van der Waals surface area contributed by atoms with E-state index in [2.05, 4.69) is 23.4 Å². The highest BCUT2D eigenvalue weighted by atomic mass is 32.2. The number of amides is 1. The molecule has 1 atom stereocenters. The van der Waals surface area contributed by atoms with Gasteiger partial charge in [-0.15, -0.1) is 0 Å². The van der Waals surface area contributed by atoms with Gasteiger partial charge in [0.1, 0.15) is 11.5 Å². The lowest BCUT2D eigenvalue weighted by Gasteiger charge is -2.35. The van der Waals surface area contributed by atoms with E-state index in [1.807, 2.05) is 23.1 Å². The minimum Gasteiger partial charge on any atom is -0.355 e. The number of hydrogen-bond donors (Lipinski definition) is 0. The van der Waals surface area contributed by atoms with Crippen LogP contribution >= 0.6 is 0 Å². The fourth-order valence-corrected chi connectivity index (χ4v) is 6.88. The Labute approximate surface area is 222 Å². The van der Waals surface area contributed by atoms with E-state index in [-0.39, 0.29) is 28.8 Å². The molecule has 3 aromatic rings. The molecule has 0 radical (unpaired) electrons. The van der Waals surface area contributed by atoms with Crippen LogP contribution in [0.15, 0.2) is 70.1 Å². The maximum absolute atomic E-state index is 14.0. The summed E-state index contributed by atoms with van der Waals surface area (Å²) in [6.07, 6.45) is 6.95. The molecule has 2 aliphatic heterocycles. The lowest BCUT2D eigenvalue weighted by atomic mass is 9.95. The maximum atomic E-state index is 14.0. The Balaban J connectivity index is 1.31. The van der Waals surface area contributed by atoms with Crippen LogP contribution in [-0.4, -0.2) is 54.9 Å². The zero-order chi connectivity index (χ0) is 26.7. The van der Waals surface area contributed by atoms with E-state index in [4.69, 9.17) is 4.52 Å². The van der Waals surface area contributed by atoms with Crippen molar-refractivity contribution in [2.45, 2.75) is 31.1 Å².